The average Bonchev–Trinajstić information content (AvgIpc) is 2.76. The van der Waals surface area contributed by atoms with Gasteiger partial charge in [-0.25, -0.2) is 0 Å². The Labute approximate surface area is 151 Å². The fraction of sp³-hybridized carbons (Fsp3) is 0.348. The number of hydrogen-bond donors (Lipinski definition) is 1. The van der Waals surface area contributed by atoms with E-state index in [1.807, 2.05) is 6.20 Å². The van der Waals surface area contributed by atoms with Crippen molar-refractivity contribution in [2.24, 2.45) is 0 Å². The van der Waals surface area contributed by atoms with E-state index in [1.165, 1.54) is 22.5 Å². The zero-order valence-electron chi connectivity index (χ0n) is 16.2. The summed E-state index contributed by atoms with van der Waals surface area (Å²) in [6, 6.07) is 17.3. The lowest BCUT2D eigenvalue weighted by Gasteiger charge is -2.19. The largest absolute Gasteiger partial charge is 0.361 e. The van der Waals surface area contributed by atoms with E-state index in [9.17, 15) is 0 Å². The molecule has 0 atom stereocenters. The molecule has 0 unspecified atom stereocenters. The van der Waals surface area contributed by atoms with Crippen molar-refractivity contribution in [2.75, 3.05) is 12.4 Å². The summed E-state index contributed by atoms with van der Waals surface area (Å²) in [5.41, 5.74) is 6.64. The molecule has 0 saturated carbocycles. The zero-order chi connectivity index (χ0) is 18.2. The first kappa shape index (κ1) is 17.5. The summed E-state index contributed by atoms with van der Waals surface area (Å²) < 4.78 is 2.29. The maximum Gasteiger partial charge on any atom is 0.209 e. The minimum atomic E-state index is 0.0135. The second kappa shape index (κ2) is 6.18. The van der Waals surface area contributed by atoms with Crippen molar-refractivity contribution in [1.29, 1.82) is 0 Å². The maximum absolute atomic E-state index is 3.41. The Morgan fingerprint density at radius 1 is 0.960 bits per heavy atom. The van der Waals surface area contributed by atoms with Crippen molar-refractivity contribution in [3.63, 3.8) is 0 Å². The number of hydrogen-bond acceptors (Lipinski definition) is 1. The molecule has 130 valence electrons. The van der Waals surface area contributed by atoms with Crippen molar-refractivity contribution in [3.05, 3.63) is 71.9 Å². The van der Waals surface area contributed by atoms with Gasteiger partial charge in [-0.1, -0.05) is 51.1 Å². The Kier molecular flexibility index (Phi) is 4.32. The molecule has 2 heteroatoms. The average molecular weight is 333 g/mol. The Morgan fingerprint density at radius 3 is 2.20 bits per heavy atom. The van der Waals surface area contributed by atoms with E-state index in [0.717, 1.165) is 5.69 Å². The van der Waals surface area contributed by atoms with Crippen LogP contribution in [0.15, 0.2) is 60.8 Å². The van der Waals surface area contributed by atoms with Crippen LogP contribution in [-0.4, -0.2) is 17.3 Å². The van der Waals surface area contributed by atoms with E-state index >= 15 is 0 Å². The van der Waals surface area contributed by atoms with Crippen LogP contribution in [0, 0.1) is 0 Å². The van der Waals surface area contributed by atoms with Crippen LogP contribution in [0.1, 0.15) is 45.7 Å². The molecule has 0 radical (unpaired) electrons. The van der Waals surface area contributed by atoms with Gasteiger partial charge in [-0.3, -0.25) is 0 Å². The van der Waals surface area contributed by atoms with Gasteiger partial charge in [-0.15, -0.1) is 0 Å². The Balaban J connectivity index is 1.78. The molecule has 0 saturated heterocycles. The lowest BCUT2D eigenvalue weighted by Crippen LogP contribution is -2.26. The Morgan fingerprint density at radius 2 is 1.60 bits per heavy atom. The molecule has 0 aliphatic carbocycles. The molecule has 25 heavy (non-hydrogen) atoms. The highest BCUT2D eigenvalue weighted by molar-refractivity contribution is 6.03. The first-order chi connectivity index (χ1) is 11.7. The van der Waals surface area contributed by atoms with Gasteiger partial charge in [0.05, 0.1) is 5.41 Å². The van der Waals surface area contributed by atoms with E-state index in [4.69, 9.17) is 0 Å². The third-order valence-corrected chi connectivity index (χ3v) is 5.18. The predicted molar refractivity (Wildman–Crippen MR) is 108 cm³/mol. The van der Waals surface area contributed by atoms with Crippen LogP contribution < -0.4 is 5.32 Å². The molecule has 1 aliphatic rings. The Bertz CT molecular complexity index is 831. The fourth-order valence-electron chi connectivity index (χ4n) is 3.59. The van der Waals surface area contributed by atoms with Crippen LogP contribution in [0.3, 0.4) is 0 Å². The fourth-order valence-corrected chi connectivity index (χ4v) is 3.59. The van der Waals surface area contributed by atoms with Gasteiger partial charge in [0.1, 0.15) is 7.05 Å². The van der Waals surface area contributed by atoms with E-state index in [-0.39, 0.29) is 10.8 Å². The van der Waals surface area contributed by atoms with Crippen LogP contribution in [0.4, 0.5) is 11.4 Å². The third-order valence-electron chi connectivity index (χ3n) is 5.18. The molecule has 0 amide bonds. The molecular weight excluding hydrogens is 304 g/mol. The SMILES string of the molecule is C[N+]1=C(C=CNc2ccc(C(C)(C)C)cc2)C(C)(C)c2ccccc21. The van der Waals surface area contributed by atoms with E-state index in [0.29, 0.717) is 0 Å². The molecule has 0 aromatic heterocycles. The molecule has 2 aromatic carbocycles. The standard InChI is InChI=1S/C23H28N2/c1-22(2,3)17-11-13-18(14-12-17)24-16-15-21-23(4,5)19-9-7-8-10-20(19)25(21)6/h7-16H,1-6H3/p+1. The molecule has 2 nitrogen and oxygen atoms in total. The normalized spacial score (nSPS) is 16.4. The molecule has 3 rings (SSSR count). The van der Waals surface area contributed by atoms with Gasteiger partial charge in [-0.2, -0.15) is 4.58 Å². The van der Waals surface area contributed by atoms with Crippen molar-refractivity contribution in [3.8, 4) is 0 Å². The van der Waals surface area contributed by atoms with Gasteiger partial charge in [0.15, 0.2) is 5.71 Å². The quantitative estimate of drug-likeness (QED) is 0.721. The van der Waals surface area contributed by atoms with E-state index in [2.05, 4.69) is 106 Å². The lowest BCUT2D eigenvalue weighted by molar-refractivity contribution is -0.401. The highest BCUT2D eigenvalue weighted by atomic mass is 15.0. The molecular formula is C23H29N2+. The van der Waals surface area contributed by atoms with Crippen LogP contribution in [0.2, 0.25) is 0 Å². The Hall–Kier alpha value is -2.35. The van der Waals surface area contributed by atoms with Gasteiger partial charge in [0.25, 0.3) is 0 Å². The molecule has 1 heterocycles. The van der Waals surface area contributed by atoms with Crippen molar-refractivity contribution >= 4 is 17.1 Å². The summed E-state index contributed by atoms with van der Waals surface area (Å²) in [5, 5.41) is 3.41. The summed E-state index contributed by atoms with van der Waals surface area (Å²) >= 11 is 0. The number of anilines is 1. The van der Waals surface area contributed by atoms with Crippen molar-refractivity contribution < 1.29 is 4.58 Å². The smallest absolute Gasteiger partial charge is 0.209 e. The number of para-hydroxylation sites is 1. The number of fused-ring (bicyclic) bond motifs is 1. The highest BCUT2D eigenvalue weighted by Gasteiger charge is 2.42. The van der Waals surface area contributed by atoms with Gasteiger partial charge in [-0.05, 0) is 37.0 Å². The molecule has 0 bridgehead atoms. The van der Waals surface area contributed by atoms with Gasteiger partial charge in [0, 0.05) is 29.6 Å². The monoisotopic (exact) mass is 333 g/mol. The second-order valence-corrected chi connectivity index (χ2v) is 8.39. The van der Waals surface area contributed by atoms with Crippen LogP contribution in [0.5, 0.6) is 0 Å². The van der Waals surface area contributed by atoms with Crippen LogP contribution in [-0.2, 0) is 10.8 Å². The van der Waals surface area contributed by atoms with E-state index < -0.39 is 0 Å². The second-order valence-electron chi connectivity index (χ2n) is 8.39. The van der Waals surface area contributed by atoms with Gasteiger partial charge in [0.2, 0.25) is 5.69 Å². The third kappa shape index (κ3) is 3.26. The van der Waals surface area contributed by atoms with E-state index in [1.54, 1.807) is 0 Å². The number of benzene rings is 2. The lowest BCUT2D eigenvalue weighted by atomic mass is 9.81. The zero-order valence-corrected chi connectivity index (χ0v) is 16.2. The minimum Gasteiger partial charge on any atom is -0.361 e. The summed E-state index contributed by atoms with van der Waals surface area (Å²) in [6.45, 7) is 11.3. The van der Waals surface area contributed by atoms with Gasteiger partial charge >= 0.3 is 0 Å². The number of allylic oxidation sites excluding steroid dienone is 1. The number of nitrogens with one attached hydrogen (secondary N) is 1. The first-order valence-corrected chi connectivity index (χ1v) is 8.95. The van der Waals surface area contributed by atoms with Crippen LogP contribution in [0.25, 0.3) is 0 Å². The highest BCUT2D eigenvalue weighted by Crippen LogP contribution is 2.38. The predicted octanol–water partition coefficient (Wildman–Crippen LogP) is 5.62. The number of rotatable bonds is 3. The summed E-state index contributed by atoms with van der Waals surface area (Å²) in [7, 11) is 2.14. The molecule has 1 N–H and O–H groups in total. The summed E-state index contributed by atoms with van der Waals surface area (Å²) in [4.78, 5) is 0. The molecule has 0 spiro atoms. The summed E-state index contributed by atoms with van der Waals surface area (Å²) in [6.07, 6.45) is 4.24. The summed E-state index contributed by atoms with van der Waals surface area (Å²) in [5.74, 6) is 0. The topological polar surface area (TPSA) is 15.0 Å². The van der Waals surface area contributed by atoms with Crippen molar-refractivity contribution in [2.45, 2.75) is 45.4 Å². The molecule has 2 aromatic rings. The minimum absolute atomic E-state index is 0.0135. The molecule has 0 fully saturated rings. The molecule has 1 aliphatic heterocycles. The maximum atomic E-state index is 3.41. The first-order valence-electron chi connectivity index (χ1n) is 8.95. The van der Waals surface area contributed by atoms with Gasteiger partial charge < -0.3 is 5.32 Å². The van der Waals surface area contributed by atoms with Crippen molar-refractivity contribution in [1.82, 2.24) is 0 Å². The number of nitrogens with zero attached hydrogens (tertiary/aromatic N) is 1. The van der Waals surface area contributed by atoms with Crippen LogP contribution >= 0.6 is 0 Å².